The van der Waals surface area contributed by atoms with Gasteiger partial charge in [-0.1, -0.05) is 42.5 Å². The number of benzene rings is 2. The van der Waals surface area contributed by atoms with Crippen molar-refractivity contribution in [3.63, 3.8) is 0 Å². The van der Waals surface area contributed by atoms with E-state index < -0.39 is 0 Å². The fourth-order valence-corrected chi connectivity index (χ4v) is 1.98. The zero-order valence-electron chi connectivity index (χ0n) is 12.0. The van der Waals surface area contributed by atoms with E-state index in [9.17, 15) is 4.79 Å². The van der Waals surface area contributed by atoms with Crippen molar-refractivity contribution in [1.82, 2.24) is 5.06 Å². The summed E-state index contributed by atoms with van der Waals surface area (Å²) in [4.78, 5) is 17.5. The molecule has 0 aromatic heterocycles. The molecule has 0 spiro atoms. The van der Waals surface area contributed by atoms with Gasteiger partial charge in [0, 0.05) is 12.6 Å². The molecule has 3 nitrogen and oxygen atoms in total. The van der Waals surface area contributed by atoms with E-state index >= 15 is 0 Å². The largest absolute Gasteiger partial charge is 0.277 e. The van der Waals surface area contributed by atoms with Gasteiger partial charge in [-0.25, -0.2) is 5.06 Å². The Balaban J connectivity index is 2.14. The van der Waals surface area contributed by atoms with Gasteiger partial charge in [0.05, 0.1) is 6.10 Å². The molecule has 0 saturated carbocycles. The van der Waals surface area contributed by atoms with Crippen LogP contribution >= 0.6 is 0 Å². The van der Waals surface area contributed by atoms with Crippen LogP contribution in [0.4, 0.5) is 0 Å². The van der Waals surface area contributed by atoms with Crippen LogP contribution in [0.1, 0.15) is 24.2 Å². The molecule has 104 valence electrons. The molecule has 3 heteroatoms. The molecule has 0 saturated heterocycles. The van der Waals surface area contributed by atoms with Crippen molar-refractivity contribution < 1.29 is 9.63 Å². The second kappa shape index (κ2) is 6.35. The highest BCUT2D eigenvalue weighted by Gasteiger charge is 2.13. The van der Waals surface area contributed by atoms with Gasteiger partial charge in [-0.2, -0.15) is 0 Å². The molecule has 0 bridgehead atoms. The number of nitrogens with zero attached hydrogens (tertiary/aromatic N) is 1. The summed E-state index contributed by atoms with van der Waals surface area (Å²) >= 11 is 0. The summed E-state index contributed by atoms with van der Waals surface area (Å²) in [6.45, 7) is 3.78. The van der Waals surface area contributed by atoms with Crippen molar-refractivity contribution in [2.75, 3.05) is 7.05 Å². The maximum absolute atomic E-state index is 12.1. The average Bonchev–Trinajstić information content (AvgIpc) is 2.47. The summed E-state index contributed by atoms with van der Waals surface area (Å²) < 4.78 is 0. The van der Waals surface area contributed by atoms with Gasteiger partial charge >= 0.3 is 0 Å². The first kappa shape index (κ1) is 14.3. The topological polar surface area (TPSA) is 29.5 Å². The Morgan fingerprint density at radius 1 is 0.950 bits per heavy atom. The fraction of sp³-hybridized carbons (Fsp3) is 0.235. The molecule has 2 aromatic rings. The molecule has 0 atom stereocenters. The maximum Gasteiger partial charge on any atom is 0.277 e. The molecule has 0 aliphatic rings. The van der Waals surface area contributed by atoms with E-state index in [1.165, 1.54) is 5.06 Å². The standard InChI is InChI=1S/C17H19NO2/c1-13(2)20-18(3)17(19)16-11-9-15(10-12-16)14-7-5-4-6-8-14/h4-13H,1-3H3. The minimum atomic E-state index is -0.140. The number of carbonyl (C=O) groups is 1. The highest BCUT2D eigenvalue weighted by molar-refractivity contribution is 5.93. The van der Waals surface area contributed by atoms with Gasteiger partial charge in [0.15, 0.2) is 0 Å². The molecule has 20 heavy (non-hydrogen) atoms. The highest BCUT2D eigenvalue weighted by atomic mass is 16.7. The van der Waals surface area contributed by atoms with E-state index in [0.717, 1.165) is 11.1 Å². The Bertz CT molecular complexity index is 561. The van der Waals surface area contributed by atoms with Crippen LogP contribution in [0.2, 0.25) is 0 Å². The van der Waals surface area contributed by atoms with Gasteiger partial charge in [-0.3, -0.25) is 9.63 Å². The van der Waals surface area contributed by atoms with E-state index in [-0.39, 0.29) is 12.0 Å². The molecule has 0 fully saturated rings. The smallest absolute Gasteiger partial charge is 0.268 e. The third kappa shape index (κ3) is 3.45. The molecule has 0 N–H and O–H groups in total. The molecule has 2 rings (SSSR count). The van der Waals surface area contributed by atoms with Gasteiger partial charge in [0.2, 0.25) is 0 Å². The van der Waals surface area contributed by atoms with Gasteiger partial charge in [0.25, 0.3) is 5.91 Å². The predicted molar refractivity (Wildman–Crippen MR) is 80.2 cm³/mol. The quantitative estimate of drug-likeness (QED) is 0.791. The third-order valence-electron chi connectivity index (χ3n) is 2.89. The van der Waals surface area contributed by atoms with Crippen molar-refractivity contribution in [2.24, 2.45) is 0 Å². The Labute approximate surface area is 119 Å². The lowest BCUT2D eigenvalue weighted by molar-refractivity contribution is -0.136. The average molecular weight is 269 g/mol. The molecule has 0 aliphatic heterocycles. The summed E-state index contributed by atoms with van der Waals surface area (Å²) in [5.41, 5.74) is 2.85. The van der Waals surface area contributed by atoms with Crippen LogP contribution in [0.15, 0.2) is 54.6 Å². The summed E-state index contributed by atoms with van der Waals surface area (Å²) in [6.07, 6.45) is -0.0208. The van der Waals surface area contributed by atoms with Crippen molar-refractivity contribution in [2.45, 2.75) is 20.0 Å². The van der Waals surface area contributed by atoms with E-state index in [0.29, 0.717) is 5.56 Å². The summed E-state index contributed by atoms with van der Waals surface area (Å²) in [6, 6.07) is 17.6. The molecular weight excluding hydrogens is 250 g/mol. The minimum Gasteiger partial charge on any atom is -0.268 e. The maximum atomic E-state index is 12.1. The molecular formula is C17H19NO2. The van der Waals surface area contributed by atoms with Crippen LogP contribution in [0.3, 0.4) is 0 Å². The SMILES string of the molecule is CC(C)ON(C)C(=O)c1ccc(-c2ccccc2)cc1. The number of hydrogen-bond acceptors (Lipinski definition) is 2. The number of hydrogen-bond donors (Lipinski definition) is 0. The van der Waals surface area contributed by atoms with Crippen molar-refractivity contribution in [1.29, 1.82) is 0 Å². The Hall–Kier alpha value is -2.13. The number of carbonyl (C=O) groups excluding carboxylic acids is 1. The lowest BCUT2D eigenvalue weighted by Gasteiger charge is -2.19. The van der Waals surface area contributed by atoms with Gasteiger partial charge in [-0.15, -0.1) is 0 Å². The Kier molecular flexibility index (Phi) is 4.53. The second-order valence-electron chi connectivity index (χ2n) is 4.90. The lowest BCUT2D eigenvalue weighted by atomic mass is 10.0. The van der Waals surface area contributed by atoms with E-state index in [1.54, 1.807) is 7.05 Å². The lowest BCUT2D eigenvalue weighted by Crippen LogP contribution is -2.29. The van der Waals surface area contributed by atoms with E-state index in [1.807, 2.05) is 68.4 Å². The van der Waals surface area contributed by atoms with E-state index in [2.05, 4.69) is 0 Å². The summed E-state index contributed by atoms with van der Waals surface area (Å²) in [5.74, 6) is -0.140. The predicted octanol–water partition coefficient (Wildman–Crippen LogP) is 3.77. The van der Waals surface area contributed by atoms with Crippen molar-refractivity contribution >= 4 is 5.91 Å². The Morgan fingerprint density at radius 2 is 1.50 bits per heavy atom. The van der Waals surface area contributed by atoms with Crippen LogP contribution in [-0.4, -0.2) is 24.1 Å². The molecule has 0 heterocycles. The van der Waals surface area contributed by atoms with Crippen LogP contribution in [0.25, 0.3) is 11.1 Å². The summed E-state index contributed by atoms with van der Waals surface area (Å²) in [7, 11) is 1.63. The van der Waals surface area contributed by atoms with Crippen LogP contribution in [0, 0.1) is 0 Å². The van der Waals surface area contributed by atoms with Crippen molar-refractivity contribution in [3.8, 4) is 11.1 Å². The normalized spacial score (nSPS) is 10.6. The number of rotatable bonds is 4. The first-order valence-corrected chi connectivity index (χ1v) is 6.68. The molecule has 1 amide bonds. The summed E-state index contributed by atoms with van der Waals surface area (Å²) in [5, 5.41) is 1.28. The zero-order chi connectivity index (χ0) is 14.5. The van der Waals surface area contributed by atoms with E-state index in [4.69, 9.17) is 4.84 Å². The first-order chi connectivity index (χ1) is 9.58. The third-order valence-corrected chi connectivity index (χ3v) is 2.89. The Morgan fingerprint density at radius 3 is 2.05 bits per heavy atom. The molecule has 0 unspecified atom stereocenters. The monoisotopic (exact) mass is 269 g/mol. The zero-order valence-corrected chi connectivity index (χ0v) is 12.0. The molecule has 0 aliphatic carbocycles. The van der Waals surface area contributed by atoms with Gasteiger partial charge in [0.1, 0.15) is 0 Å². The van der Waals surface area contributed by atoms with Crippen molar-refractivity contribution in [3.05, 3.63) is 60.2 Å². The van der Waals surface area contributed by atoms with Gasteiger partial charge in [-0.05, 0) is 37.1 Å². The minimum absolute atomic E-state index is 0.0208. The highest BCUT2D eigenvalue weighted by Crippen LogP contribution is 2.19. The molecule has 0 radical (unpaired) electrons. The molecule has 2 aromatic carbocycles. The second-order valence-corrected chi connectivity index (χ2v) is 4.90. The first-order valence-electron chi connectivity index (χ1n) is 6.68. The number of amides is 1. The fourth-order valence-electron chi connectivity index (χ4n) is 1.98. The number of hydroxylamine groups is 2. The van der Waals surface area contributed by atoms with Crippen LogP contribution in [-0.2, 0) is 4.84 Å². The van der Waals surface area contributed by atoms with Gasteiger partial charge < -0.3 is 0 Å². The van der Waals surface area contributed by atoms with Crippen LogP contribution in [0.5, 0.6) is 0 Å². The van der Waals surface area contributed by atoms with Crippen LogP contribution < -0.4 is 0 Å².